The average molecular weight is 396 g/mol. The van der Waals surface area contributed by atoms with E-state index >= 15 is 0 Å². The van der Waals surface area contributed by atoms with Crippen LogP contribution < -0.4 is 19.5 Å². The summed E-state index contributed by atoms with van der Waals surface area (Å²) >= 11 is 1.40. The van der Waals surface area contributed by atoms with Crippen LogP contribution in [-0.4, -0.2) is 31.6 Å². The molecule has 0 aliphatic carbocycles. The Morgan fingerprint density at radius 3 is 2.36 bits per heavy atom. The second-order valence-electron chi connectivity index (χ2n) is 6.39. The van der Waals surface area contributed by atoms with E-state index in [0.29, 0.717) is 23.7 Å². The lowest BCUT2D eigenvalue weighted by atomic mass is 9.88. The number of benzene rings is 2. The Bertz CT molecular complexity index is 1020. The summed E-state index contributed by atoms with van der Waals surface area (Å²) in [5.41, 5.74) is 3.41. The molecule has 6 nitrogen and oxygen atoms in total. The maximum absolute atomic E-state index is 12.5. The first kappa shape index (κ1) is 18.3. The van der Waals surface area contributed by atoms with Crippen molar-refractivity contribution in [3.63, 3.8) is 0 Å². The van der Waals surface area contributed by atoms with Crippen LogP contribution in [0.2, 0.25) is 0 Å². The second-order valence-corrected chi connectivity index (χ2v) is 7.20. The van der Waals surface area contributed by atoms with Crippen molar-refractivity contribution in [1.82, 2.24) is 4.37 Å². The zero-order chi connectivity index (χ0) is 19.7. The molecule has 2 aromatic carbocycles. The van der Waals surface area contributed by atoms with Gasteiger partial charge in [-0.3, -0.25) is 4.79 Å². The minimum absolute atomic E-state index is 0.0493. The molecule has 3 aromatic rings. The minimum Gasteiger partial charge on any atom is -0.496 e. The van der Waals surface area contributed by atoms with Crippen LogP contribution in [0.5, 0.6) is 17.2 Å². The first-order valence-electron chi connectivity index (χ1n) is 8.81. The van der Waals surface area contributed by atoms with Crippen molar-refractivity contribution >= 4 is 23.1 Å². The molecule has 0 bridgehead atoms. The third-order valence-electron chi connectivity index (χ3n) is 4.85. The Hall–Kier alpha value is -3.06. The highest BCUT2D eigenvalue weighted by atomic mass is 32.1. The van der Waals surface area contributed by atoms with Gasteiger partial charge < -0.3 is 19.5 Å². The average Bonchev–Trinajstić information content (AvgIpc) is 3.16. The lowest BCUT2D eigenvalue weighted by Crippen LogP contribution is -2.22. The molecule has 28 heavy (non-hydrogen) atoms. The topological polar surface area (TPSA) is 69.7 Å². The molecule has 1 aliphatic heterocycles. The van der Waals surface area contributed by atoms with Gasteiger partial charge in [0.2, 0.25) is 5.91 Å². The molecular weight excluding hydrogens is 376 g/mol. The number of carbonyl (C=O) groups is 1. The Balaban J connectivity index is 1.86. The van der Waals surface area contributed by atoms with Crippen molar-refractivity contribution in [3.8, 4) is 28.5 Å². The number of hydrogen-bond donors (Lipinski definition) is 1. The molecule has 1 aliphatic rings. The lowest BCUT2D eigenvalue weighted by molar-refractivity contribution is -0.116. The van der Waals surface area contributed by atoms with Crippen molar-refractivity contribution < 1.29 is 19.0 Å². The molecule has 0 fully saturated rings. The molecular formula is C21H20N2O4S. The predicted octanol–water partition coefficient (Wildman–Crippen LogP) is 4.31. The first-order chi connectivity index (χ1) is 13.7. The highest BCUT2D eigenvalue weighted by Crippen LogP contribution is 2.48. The van der Waals surface area contributed by atoms with Gasteiger partial charge in [-0.1, -0.05) is 30.3 Å². The van der Waals surface area contributed by atoms with Gasteiger partial charge in [0.15, 0.2) is 11.5 Å². The number of methoxy groups -OCH3 is 3. The maximum Gasteiger partial charge on any atom is 0.225 e. The fourth-order valence-corrected chi connectivity index (χ4v) is 4.46. The lowest BCUT2D eigenvalue weighted by Gasteiger charge is -2.25. The third kappa shape index (κ3) is 3.07. The van der Waals surface area contributed by atoms with Gasteiger partial charge in [-0.2, -0.15) is 4.37 Å². The molecule has 0 spiro atoms. The first-order valence-corrected chi connectivity index (χ1v) is 9.58. The highest BCUT2D eigenvalue weighted by molar-refractivity contribution is 7.07. The van der Waals surface area contributed by atoms with Gasteiger partial charge in [-0.25, -0.2) is 0 Å². The van der Waals surface area contributed by atoms with Gasteiger partial charge in [-0.15, -0.1) is 0 Å². The summed E-state index contributed by atoms with van der Waals surface area (Å²) < 4.78 is 21.1. The third-order valence-corrected chi connectivity index (χ3v) is 5.81. The molecule has 1 amide bonds. The number of nitrogens with zero attached hydrogens (tertiary/aromatic N) is 1. The van der Waals surface area contributed by atoms with E-state index in [2.05, 4.69) is 9.69 Å². The van der Waals surface area contributed by atoms with Crippen molar-refractivity contribution in [2.75, 3.05) is 26.6 Å². The minimum atomic E-state index is -0.173. The Labute approximate surface area is 167 Å². The molecule has 2 heterocycles. The van der Waals surface area contributed by atoms with Crippen molar-refractivity contribution in [2.45, 2.75) is 12.3 Å². The number of fused-ring (bicyclic) bond motifs is 1. The monoisotopic (exact) mass is 396 g/mol. The smallest absolute Gasteiger partial charge is 0.225 e. The highest BCUT2D eigenvalue weighted by Gasteiger charge is 2.34. The number of rotatable bonds is 5. The van der Waals surface area contributed by atoms with E-state index in [1.165, 1.54) is 11.5 Å². The fourth-order valence-electron chi connectivity index (χ4n) is 3.50. The van der Waals surface area contributed by atoms with Gasteiger partial charge >= 0.3 is 0 Å². The molecule has 1 aromatic heterocycles. The summed E-state index contributed by atoms with van der Waals surface area (Å²) in [6.45, 7) is 0. The van der Waals surface area contributed by atoms with E-state index in [-0.39, 0.29) is 11.8 Å². The van der Waals surface area contributed by atoms with Gasteiger partial charge in [0, 0.05) is 29.5 Å². The fraction of sp³-hybridized carbons (Fsp3) is 0.238. The quantitative estimate of drug-likeness (QED) is 0.696. The summed E-state index contributed by atoms with van der Waals surface area (Å²) in [7, 11) is 4.78. The largest absolute Gasteiger partial charge is 0.496 e. The van der Waals surface area contributed by atoms with Gasteiger partial charge in [-0.05, 0) is 17.6 Å². The number of ether oxygens (including phenoxy) is 3. The molecule has 7 heteroatoms. The van der Waals surface area contributed by atoms with E-state index in [9.17, 15) is 4.79 Å². The van der Waals surface area contributed by atoms with Crippen LogP contribution in [0.4, 0.5) is 5.69 Å². The SMILES string of the molecule is COc1cc(OC)c([C@@H]2CC(=O)Nc3c(-c4ccccc4)nsc32)cc1OC. The molecule has 1 N–H and O–H groups in total. The molecule has 0 saturated carbocycles. The van der Waals surface area contributed by atoms with E-state index in [0.717, 1.165) is 27.4 Å². The van der Waals surface area contributed by atoms with Gasteiger partial charge in [0.25, 0.3) is 0 Å². The van der Waals surface area contributed by atoms with Gasteiger partial charge in [0.1, 0.15) is 11.4 Å². The Morgan fingerprint density at radius 1 is 1.00 bits per heavy atom. The summed E-state index contributed by atoms with van der Waals surface area (Å²) in [5.74, 6) is 1.61. The van der Waals surface area contributed by atoms with Crippen molar-refractivity contribution in [2.24, 2.45) is 0 Å². The predicted molar refractivity (Wildman–Crippen MR) is 109 cm³/mol. The Morgan fingerprint density at radius 2 is 1.68 bits per heavy atom. The summed E-state index contributed by atoms with van der Waals surface area (Å²) in [4.78, 5) is 13.5. The zero-order valence-corrected chi connectivity index (χ0v) is 16.6. The number of nitrogens with one attached hydrogen (secondary N) is 1. The van der Waals surface area contributed by atoms with E-state index < -0.39 is 0 Å². The van der Waals surface area contributed by atoms with Crippen molar-refractivity contribution in [3.05, 3.63) is 52.9 Å². The van der Waals surface area contributed by atoms with E-state index in [1.807, 2.05) is 36.4 Å². The van der Waals surface area contributed by atoms with Crippen LogP contribution >= 0.6 is 11.5 Å². The number of amides is 1. The number of anilines is 1. The summed E-state index contributed by atoms with van der Waals surface area (Å²) in [5, 5.41) is 3.01. The molecule has 0 radical (unpaired) electrons. The van der Waals surface area contributed by atoms with Crippen LogP contribution in [0.3, 0.4) is 0 Å². The molecule has 0 unspecified atom stereocenters. The van der Waals surface area contributed by atoms with Crippen LogP contribution in [0.1, 0.15) is 22.8 Å². The van der Waals surface area contributed by atoms with E-state index in [1.54, 1.807) is 27.4 Å². The van der Waals surface area contributed by atoms with Crippen LogP contribution in [0, 0.1) is 0 Å². The number of hydrogen-bond acceptors (Lipinski definition) is 6. The molecule has 1 atom stereocenters. The molecule has 144 valence electrons. The van der Waals surface area contributed by atoms with E-state index in [4.69, 9.17) is 14.2 Å². The second kappa shape index (κ2) is 7.52. The summed E-state index contributed by atoms with van der Waals surface area (Å²) in [6, 6.07) is 13.5. The van der Waals surface area contributed by atoms with Gasteiger partial charge in [0.05, 0.1) is 31.9 Å². The summed E-state index contributed by atoms with van der Waals surface area (Å²) in [6.07, 6.45) is 0.315. The maximum atomic E-state index is 12.5. The zero-order valence-electron chi connectivity index (χ0n) is 15.8. The van der Waals surface area contributed by atoms with Crippen LogP contribution in [-0.2, 0) is 4.79 Å². The Kier molecular flexibility index (Phi) is 4.92. The standard InChI is InChI=1S/C21H20N2O4S/c1-25-15-11-17(27-3)16(26-2)9-13(15)14-10-18(24)22-20-19(23-28-21(14)20)12-7-5-4-6-8-12/h4-9,11,14H,10H2,1-3H3,(H,22,24)/t14-/m0/s1. The van der Waals surface area contributed by atoms with Crippen LogP contribution in [0.25, 0.3) is 11.3 Å². The number of carbonyl (C=O) groups excluding carboxylic acids is 1. The van der Waals surface area contributed by atoms with Crippen molar-refractivity contribution in [1.29, 1.82) is 0 Å². The molecule has 4 rings (SSSR count). The number of aromatic nitrogens is 1. The molecule has 0 saturated heterocycles. The normalized spacial score (nSPS) is 15.5. The van der Waals surface area contributed by atoms with Crippen LogP contribution in [0.15, 0.2) is 42.5 Å².